The normalized spacial score (nSPS) is 19.6. The summed E-state index contributed by atoms with van der Waals surface area (Å²) < 4.78 is 15.0. The van der Waals surface area contributed by atoms with Crippen molar-refractivity contribution in [3.05, 3.63) is 70.5 Å². The van der Waals surface area contributed by atoms with E-state index in [4.69, 9.17) is 17.3 Å². The van der Waals surface area contributed by atoms with Crippen LogP contribution in [0, 0.1) is 5.82 Å². The standard InChI is InChI=1S/C17H15ClFN5/c18-13-4-2-1-3-12(13)14-9-15(10-5-7-11(19)8-6-10)24-17(21-14)22-16(20)23-24/h1-8,14-15H,9H2,(H3,20,21,22,23)/t14-,15+/m1/s1. The zero-order valence-corrected chi connectivity index (χ0v) is 13.4. The molecule has 0 amide bonds. The first kappa shape index (κ1) is 15.0. The summed E-state index contributed by atoms with van der Waals surface area (Å²) in [5, 5.41) is 8.30. The van der Waals surface area contributed by atoms with Crippen LogP contribution in [0.15, 0.2) is 48.5 Å². The zero-order chi connectivity index (χ0) is 16.7. The Bertz CT molecular complexity index is 877. The molecule has 2 heterocycles. The third kappa shape index (κ3) is 2.59. The Labute approximate surface area is 143 Å². The number of nitrogen functional groups attached to an aromatic ring is 1. The minimum Gasteiger partial charge on any atom is -0.366 e. The van der Waals surface area contributed by atoms with Crippen molar-refractivity contribution in [3.63, 3.8) is 0 Å². The Morgan fingerprint density at radius 1 is 1.17 bits per heavy atom. The fourth-order valence-electron chi connectivity index (χ4n) is 3.12. The van der Waals surface area contributed by atoms with E-state index >= 15 is 0 Å². The second-order valence-electron chi connectivity index (χ2n) is 5.76. The Hall–Kier alpha value is -2.60. The van der Waals surface area contributed by atoms with Gasteiger partial charge in [-0.1, -0.05) is 41.9 Å². The number of hydrogen-bond donors (Lipinski definition) is 2. The van der Waals surface area contributed by atoms with Crippen molar-refractivity contribution >= 4 is 23.5 Å². The molecule has 2 aromatic carbocycles. The minimum absolute atomic E-state index is 0.0372. The summed E-state index contributed by atoms with van der Waals surface area (Å²) in [5.74, 6) is 0.510. The van der Waals surface area contributed by atoms with Crippen LogP contribution in [0.3, 0.4) is 0 Å². The fourth-order valence-corrected chi connectivity index (χ4v) is 3.39. The molecule has 122 valence electrons. The van der Waals surface area contributed by atoms with Gasteiger partial charge >= 0.3 is 0 Å². The van der Waals surface area contributed by atoms with Crippen LogP contribution in [-0.4, -0.2) is 14.8 Å². The van der Waals surface area contributed by atoms with E-state index in [2.05, 4.69) is 15.4 Å². The number of benzene rings is 2. The summed E-state index contributed by atoms with van der Waals surface area (Å²) in [6.07, 6.45) is 0.700. The summed E-state index contributed by atoms with van der Waals surface area (Å²) in [5.41, 5.74) is 7.70. The summed E-state index contributed by atoms with van der Waals surface area (Å²) in [6.45, 7) is 0. The molecule has 1 aliphatic rings. The van der Waals surface area contributed by atoms with E-state index in [-0.39, 0.29) is 23.8 Å². The molecule has 1 aromatic heterocycles. The molecule has 0 bridgehead atoms. The van der Waals surface area contributed by atoms with Gasteiger partial charge in [-0.05, 0) is 35.7 Å². The van der Waals surface area contributed by atoms with Gasteiger partial charge in [0.1, 0.15) is 5.82 Å². The van der Waals surface area contributed by atoms with Crippen LogP contribution >= 0.6 is 11.6 Å². The molecule has 3 aromatic rings. The van der Waals surface area contributed by atoms with Crippen molar-refractivity contribution in [3.8, 4) is 0 Å². The number of anilines is 2. The van der Waals surface area contributed by atoms with Crippen molar-refractivity contribution < 1.29 is 4.39 Å². The first-order valence-corrected chi connectivity index (χ1v) is 7.98. The van der Waals surface area contributed by atoms with Crippen molar-refractivity contribution in [1.29, 1.82) is 0 Å². The topological polar surface area (TPSA) is 68.8 Å². The number of fused-ring (bicyclic) bond motifs is 1. The number of nitrogens with one attached hydrogen (secondary N) is 1. The predicted octanol–water partition coefficient (Wildman–Crippen LogP) is 3.80. The molecular formula is C17H15ClFN5. The first-order chi connectivity index (χ1) is 11.6. The van der Waals surface area contributed by atoms with Gasteiger partial charge in [0.2, 0.25) is 11.9 Å². The van der Waals surface area contributed by atoms with E-state index in [0.29, 0.717) is 17.4 Å². The quantitative estimate of drug-likeness (QED) is 0.742. The number of nitrogens with two attached hydrogens (primary N) is 1. The average molecular weight is 344 g/mol. The van der Waals surface area contributed by atoms with Crippen molar-refractivity contribution in [2.45, 2.75) is 18.5 Å². The molecule has 0 unspecified atom stereocenters. The molecule has 7 heteroatoms. The fraction of sp³-hybridized carbons (Fsp3) is 0.176. The maximum absolute atomic E-state index is 13.3. The molecule has 0 saturated carbocycles. The average Bonchev–Trinajstić information content (AvgIpc) is 2.95. The molecule has 0 saturated heterocycles. The van der Waals surface area contributed by atoms with Gasteiger partial charge in [0.15, 0.2) is 0 Å². The third-order valence-corrected chi connectivity index (χ3v) is 4.58. The van der Waals surface area contributed by atoms with Gasteiger partial charge in [0.05, 0.1) is 12.1 Å². The first-order valence-electron chi connectivity index (χ1n) is 7.60. The Kier molecular flexibility index (Phi) is 3.61. The highest BCUT2D eigenvalue weighted by atomic mass is 35.5. The van der Waals surface area contributed by atoms with E-state index in [1.165, 1.54) is 12.1 Å². The predicted molar refractivity (Wildman–Crippen MR) is 91.4 cm³/mol. The highest BCUT2D eigenvalue weighted by Crippen LogP contribution is 2.39. The Balaban J connectivity index is 1.78. The molecule has 0 aliphatic carbocycles. The summed E-state index contributed by atoms with van der Waals surface area (Å²) >= 11 is 6.35. The van der Waals surface area contributed by atoms with Gasteiger partial charge < -0.3 is 11.1 Å². The van der Waals surface area contributed by atoms with Crippen molar-refractivity contribution in [2.75, 3.05) is 11.1 Å². The van der Waals surface area contributed by atoms with Crippen LogP contribution in [0.1, 0.15) is 29.6 Å². The van der Waals surface area contributed by atoms with Gasteiger partial charge in [-0.25, -0.2) is 9.07 Å². The van der Waals surface area contributed by atoms with E-state index in [0.717, 1.165) is 11.1 Å². The lowest BCUT2D eigenvalue weighted by Crippen LogP contribution is -2.28. The second kappa shape index (κ2) is 5.79. The maximum Gasteiger partial charge on any atom is 0.241 e. The lowest BCUT2D eigenvalue weighted by atomic mass is 9.93. The van der Waals surface area contributed by atoms with Gasteiger partial charge in [-0.2, -0.15) is 4.98 Å². The second-order valence-corrected chi connectivity index (χ2v) is 6.17. The molecule has 5 nitrogen and oxygen atoms in total. The molecule has 4 rings (SSSR count). The van der Waals surface area contributed by atoms with Crippen LogP contribution in [0.4, 0.5) is 16.3 Å². The maximum atomic E-state index is 13.3. The number of nitrogens with zero attached hydrogens (tertiary/aromatic N) is 3. The lowest BCUT2D eigenvalue weighted by molar-refractivity contribution is 0.431. The molecule has 3 N–H and O–H groups in total. The summed E-state index contributed by atoms with van der Waals surface area (Å²) in [6, 6.07) is 14.0. The molecule has 0 fully saturated rings. The number of hydrogen-bond acceptors (Lipinski definition) is 4. The molecule has 0 radical (unpaired) electrons. The molecule has 24 heavy (non-hydrogen) atoms. The van der Waals surface area contributed by atoms with E-state index < -0.39 is 0 Å². The Morgan fingerprint density at radius 3 is 2.67 bits per heavy atom. The number of halogens is 2. The summed E-state index contributed by atoms with van der Waals surface area (Å²) in [7, 11) is 0. The molecular weight excluding hydrogens is 329 g/mol. The molecule has 2 atom stereocenters. The Morgan fingerprint density at radius 2 is 1.92 bits per heavy atom. The van der Waals surface area contributed by atoms with Gasteiger partial charge in [-0.3, -0.25) is 0 Å². The zero-order valence-electron chi connectivity index (χ0n) is 12.7. The third-order valence-electron chi connectivity index (χ3n) is 4.24. The summed E-state index contributed by atoms with van der Waals surface area (Å²) in [4.78, 5) is 4.25. The van der Waals surface area contributed by atoms with Gasteiger partial charge in [-0.15, -0.1) is 5.10 Å². The van der Waals surface area contributed by atoms with Crippen LogP contribution < -0.4 is 11.1 Å². The highest BCUT2D eigenvalue weighted by Gasteiger charge is 2.31. The molecule has 1 aliphatic heterocycles. The smallest absolute Gasteiger partial charge is 0.241 e. The van der Waals surface area contributed by atoms with Crippen LogP contribution in [-0.2, 0) is 0 Å². The van der Waals surface area contributed by atoms with E-state index in [9.17, 15) is 4.39 Å². The van der Waals surface area contributed by atoms with E-state index in [1.807, 2.05) is 24.3 Å². The monoisotopic (exact) mass is 343 g/mol. The molecule has 0 spiro atoms. The van der Waals surface area contributed by atoms with Crippen LogP contribution in [0.25, 0.3) is 0 Å². The SMILES string of the molecule is Nc1nc2n(n1)[C@H](c1ccc(F)cc1)C[C@H](c1ccccc1Cl)N2. The van der Waals surface area contributed by atoms with Crippen LogP contribution in [0.2, 0.25) is 5.02 Å². The van der Waals surface area contributed by atoms with Gasteiger partial charge in [0, 0.05) is 5.02 Å². The largest absolute Gasteiger partial charge is 0.366 e. The number of rotatable bonds is 2. The highest BCUT2D eigenvalue weighted by molar-refractivity contribution is 6.31. The van der Waals surface area contributed by atoms with Crippen molar-refractivity contribution in [1.82, 2.24) is 14.8 Å². The van der Waals surface area contributed by atoms with Crippen LogP contribution in [0.5, 0.6) is 0 Å². The van der Waals surface area contributed by atoms with Crippen molar-refractivity contribution in [2.24, 2.45) is 0 Å². The van der Waals surface area contributed by atoms with Gasteiger partial charge in [0.25, 0.3) is 0 Å². The van der Waals surface area contributed by atoms with E-state index in [1.54, 1.807) is 16.8 Å². The minimum atomic E-state index is -0.270. The number of aromatic nitrogens is 3. The lowest BCUT2D eigenvalue weighted by Gasteiger charge is -2.32.